The summed E-state index contributed by atoms with van der Waals surface area (Å²) >= 11 is 0. The molecule has 0 bridgehead atoms. The first kappa shape index (κ1) is 15.2. The van der Waals surface area contributed by atoms with Crippen LogP contribution < -0.4 is 10.2 Å². The van der Waals surface area contributed by atoms with Gasteiger partial charge in [0.15, 0.2) is 0 Å². The second-order valence-electron chi connectivity index (χ2n) is 6.43. The summed E-state index contributed by atoms with van der Waals surface area (Å²) in [5, 5.41) is 12.8. The van der Waals surface area contributed by atoms with Crippen LogP contribution in [0.15, 0.2) is 18.2 Å². The first-order valence-corrected chi connectivity index (χ1v) is 8.36. The molecule has 1 aromatic carbocycles. The molecule has 2 unspecified atom stereocenters. The summed E-state index contributed by atoms with van der Waals surface area (Å²) < 4.78 is 5.43. The van der Waals surface area contributed by atoms with Crippen molar-refractivity contribution < 1.29 is 4.74 Å². The Kier molecular flexibility index (Phi) is 4.84. The van der Waals surface area contributed by atoms with Crippen molar-refractivity contribution >= 4 is 11.4 Å². The number of hydrogen-bond acceptors (Lipinski definition) is 4. The number of rotatable bonds is 3. The molecular weight excluding hydrogens is 274 g/mol. The Bertz CT molecular complexity index is 546. The standard InChI is InChI=1S/C18H25N3O/c1-14-5-6-17(21-7-9-22-10-8-21)12-18(14)20-16-4-2-3-15(11-16)13-19/h5-6,12,15-16,20H,2-4,7-11H2,1H3. The maximum absolute atomic E-state index is 9.15. The Balaban J connectivity index is 1.71. The third-order valence-corrected chi connectivity index (χ3v) is 4.81. The molecule has 2 aliphatic rings. The van der Waals surface area contributed by atoms with E-state index in [1.165, 1.54) is 23.4 Å². The van der Waals surface area contributed by atoms with Gasteiger partial charge in [-0.1, -0.05) is 12.5 Å². The van der Waals surface area contributed by atoms with Crippen LogP contribution in [-0.2, 0) is 4.74 Å². The molecular formula is C18H25N3O. The number of morpholine rings is 1. The second kappa shape index (κ2) is 7.02. The zero-order valence-corrected chi connectivity index (χ0v) is 13.3. The van der Waals surface area contributed by atoms with Crippen molar-refractivity contribution in [1.82, 2.24) is 0 Å². The van der Waals surface area contributed by atoms with Gasteiger partial charge in [0, 0.05) is 36.4 Å². The molecule has 2 fully saturated rings. The van der Waals surface area contributed by atoms with Crippen LogP contribution in [0, 0.1) is 24.2 Å². The Morgan fingerprint density at radius 1 is 1.27 bits per heavy atom. The van der Waals surface area contributed by atoms with E-state index in [0.29, 0.717) is 6.04 Å². The zero-order valence-electron chi connectivity index (χ0n) is 13.3. The SMILES string of the molecule is Cc1ccc(N2CCOCC2)cc1NC1CCCC(C#N)C1. The van der Waals surface area contributed by atoms with E-state index in [1.807, 2.05) is 0 Å². The molecule has 0 spiro atoms. The summed E-state index contributed by atoms with van der Waals surface area (Å²) in [5.41, 5.74) is 3.76. The fourth-order valence-corrected chi connectivity index (χ4v) is 3.44. The highest BCUT2D eigenvalue weighted by Gasteiger charge is 2.22. The minimum Gasteiger partial charge on any atom is -0.382 e. The molecule has 4 nitrogen and oxygen atoms in total. The van der Waals surface area contributed by atoms with Gasteiger partial charge in [-0.15, -0.1) is 0 Å². The summed E-state index contributed by atoms with van der Waals surface area (Å²) in [6.45, 7) is 5.69. The van der Waals surface area contributed by atoms with Gasteiger partial charge in [-0.2, -0.15) is 5.26 Å². The number of ether oxygens (including phenoxy) is 1. The van der Waals surface area contributed by atoms with Crippen LogP contribution in [-0.4, -0.2) is 32.3 Å². The van der Waals surface area contributed by atoms with E-state index < -0.39 is 0 Å². The van der Waals surface area contributed by atoms with E-state index >= 15 is 0 Å². The molecule has 1 aliphatic carbocycles. The first-order valence-electron chi connectivity index (χ1n) is 8.36. The molecule has 22 heavy (non-hydrogen) atoms. The molecule has 1 aromatic rings. The molecule has 1 heterocycles. The third-order valence-electron chi connectivity index (χ3n) is 4.81. The van der Waals surface area contributed by atoms with Gasteiger partial charge in [-0.3, -0.25) is 0 Å². The number of benzene rings is 1. The van der Waals surface area contributed by atoms with Crippen LogP contribution in [0.25, 0.3) is 0 Å². The van der Waals surface area contributed by atoms with Crippen molar-refractivity contribution in [2.75, 3.05) is 36.5 Å². The quantitative estimate of drug-likeness (QED) is 0.930. The highest BCUT2D eigenvalue weighted by Crippen LogP contribution is 2.29. The smallest absolute Gasteiger partial charge is 0.0656 e. The lowest BCUT2D eigenvalue weighted by Gasteiger charge is -2.31. The number of anilines is 2. The Morgan fingerprint density at radius 3 is 2.86 bits per heavy atom. The second-order valence-corrected chi connectivity index (χ2v) is 6.43. The van der Waals surface area contributed by atoms with Gasteiger partial charge in [0.25, 0.3) is 0 Å². The van der Waals surface area contributed by atoms with Crippen LogP contribution in [0.2, 0.25) is 0 Å². The minimum atomic E-state index is 0.217. The number of hydrogen-bond donors (Lipinski definition) is 1. The van der Waals surface area contributed by atoms with Crippen molar-refractivity contribution in [3.8, 4) is 6.07 Å². The van der Waals surface area contributed by atoms with Crippen LogP contribution >= 0.6 is 0 Å². The maximum atomic E-state index is 9.15. The monoisotopic (exact) mass is 299 g/mol. The number of nitrogens with one attached hydrogen (secondary N) is 1. The van der Waals surface area contributed by atoms with Gasteiger partial charge in [-0.25, -0.2) is 0 Å². The predicted molar refractivity (Wildman–Crippen MR) is 89.2 cm³/mol. The largest absolute Gasteiger partial charge is 0.382 e. The van der Waals surface area contributed by atoms with Gasteiger partial charge >= 0.3 is 0 Å². The summed E-state index contributed by atoms with van der Waals surface area (Å²) in [6.07, 6.45) is 4.34. The molecule has 0 aromatic heterocycles. The maximum Gasteiger partial charge on any atom is 0.0656 e. The molecule has 3 rings (SSSR count). The lowest BCUT2D eigenvalue weighted by Crippen LogP contribution is -2.36. The summed E-state index contributed by atoms with van der Waals surface area (Å²) in [5.74, 6) is 0.217. The molecule has 1 saturated carbocycles. The first-order chi connectivity index (χ1) is 10.8. The van der Waals surface area contributed by atoms with Crippen LogP contribution in [0.1, 0.15) is 31.2 Å². The Labute approximate surface area is 133 Å². The molecule has 1 aliphatic heterocycles. The van der Waals surface area contributed by atoms with Crippen molar-refractivity contribution in [3.05, 3.63) is 23.8 Å². The normalized spacial score (nSPS) is 25.5. The predicted octanol–water partition coefficient (Wildman–Crippen LogP) is 3.33. The van der Waals surface area contributed by atoms with Gasteiger partial charge in [0.1, 0.15) is 0 Å². The van der Waals surface area contributed by atoms with Crippen molar-refractivity contribution in [1.29, 1.82) is 5.26 Å². The molecule has 0 radical (unpaired) electrons. The molecule has 1 saturated heterocycles. The highest BCUT2D eigenvalue weighted by atomic mass is 16.5. The zero-order chi connectivity index (χ0) is 15.4. The Morgan fingerprint density at radius 2 is 2.09 bits per heavy atom. The van der Waals surface area contributed by atoms with Gasteiger partial charge in [0.2, 0.25) is 0 Å². The van der Waals surface area contributed by atoms with Gasteiger partial charge < -0.3 is 15.0 Å². The van der Waals surface area contributed by atoms with E-state index in [0.717, 1.165) is 45.6 Å². The van der Waals surface area contributed by atoms with E-state index in [1.54, 1.807) is 0 Å². The minimum absolute atomic E-state index is 0.217. The van der Waals surface area contributed by atoms with Crippen LogP contribution in [0.4, 0.5) is 11.4 Å². The highest BCUT2D eigenvalue weighted by molar-refractivity contribution is 5.62. The summed E-state index contributed by atoms with van der Waals surface area (Å²) in [6, 6.07) is 9.51. The Hall–Kier alpha value is -1.73. The molecule has 0 amide bonds. The molecule has 4 heteroatoms. The van der Waals surface area contributed by atoms with Crippen molar-refractivity contribution in [2.24, 2.45) is 5.92 Å². The average molecular weight is 299 g/mol. The lowest BCUT2D eigenvalue weighted by atomic mass is 9.86. The summed E-state index contributed by atoms with van der Waals surface area (Å²) in [7, 11) is 0. The number of nitrogens with zero attached hydrogens (tertiary/aromatic N) is 2. The number of nitriles is 1. The van der Waals surface area contributed by atoms with E-state index in [9.17, 15) is 0 Å². The van der Waals surface area contributed by atoms with Crippen LogP contribution in [0.5, 0.6) is 0 Å². The molecule has 118 valence electrons. The molecule has 2 atom stereocenters. The van der Waals surface area contributed by atoms with E-state index in [4.69, 9.17) is 10.00 Å². The topological polar surface area (TPSA) is 48.3 Å². The van der Waals surface area contributed by atoms with Crippen molar-refractivity contribution in [3.63, 3.8) is 0 Å². The third kappa shape index (κ3) is 3.53. The fraction of sp³-hybridized carbons (Fsp3) is 0.611. The van der Waals surface area contributed by atoms with Crippen molar-refractivity contribution in [2.45, 2.75) is 38.6 Å². The lowest BCUT2D eigenvalue weighted by molar-refractivity contribution is 0.122. The average Bonchev–Trinajstić information content (AvgIpc) is 2.58. The van der Waals surface area contributed by atoms with E-state index in [2.05, 4.69) is 41.4 Å². The number of aryl methyl sites for hydroxylation is 1. The molecule has 1 N–H and O–H groups in total. The van der Waals surface area contributed by atoms with Gasteiger partial charge in [-0.05, 0) is 43.9 Å². The fourth-order valence-electron chi connectivity index (χ4n) is 3.44. The van der Waals surface area contributed by atoms with Crippen LogP contribution in [0.3, 0.4) is 0 Å². The van der Waals surface area contributed by atoms with E-state index in [-0.39, 0.29) is 5.92 Å². The summed E-state index contributed by atoms with van der Waals surface area (Å²) in [4.78, 5) is 2.38. The van der Waals surface area contributed by atoms with Gasteiger partial charge in [0.05, 0.1) is 19.3 Å².